The van der Waals surface area contributed by atoms with Gasteiger partial charge in [0.1, 0.15) is 0 Å². The molecule has 1 N–H and O–H groups in total. The minimum absolute atomic E-state index is 0.341. The molecule has 1 aliphatic rings. The molecule has 0 amide bonds. The lowest BCUT2D eigenvalue weighted by Gasteiger charge is -2.28. The number of ether oxygens (including phenoxy) is 1. The van der Waals surface area contributed by atoms with Crippen molar-refractivity contribution in [2.45, 2.75) is 12.5 Å². The Bertz CT molecular complexity index is 349. The topological polar surface area (TPSA) is 24.5 Å². The predicted molar refractivity (Wildman–Crippen MR) is 78.0 cm³/mol. The third kappa shape index (κ3) is 4.69. The Kier molecular flexibility index (Phi) is 5.63. The molecule has 18 heavy (non-hydrogen) atoms. The molecule has 1 aliphatic heterocycles. The fourth-order valence-corrected chi connectivity index (χ4v) is 2.41. The van der Waals surface area contributed by atoms with Crippen LogP contribution in [0.1, 0.15) is 5.56 Å². The number of hydrogen-bond acceptors (Lipinski definition) is 3. The molecule has 0 aromatic heterocycles. The smallest absolute Gasteiger partial charge is 0.0826 e. The molecule has 3 nitrogen and oxygen atoms in total. The zero-order valence-corrected chi connectivity index (χ0v) is 12.4. The molecular formula is C14H21BrN2O. The molecule has 4 heteroatoms. The van der Waals surface area contributed by atoms with E-state index in [1.54, 1.807) is 0 Å². The van der Waals surface area contributed by atoms with Gasteiger partial charge in [0.05, 0.1) is 12.7 Å². The lowest BCUT2D eigenvalue weighted by Crippen LogP contribution is -2.44. The highest BCUT2D eigenvalue weighted by atomic mass is 79.9. The average molecular weight is 313 g/mol. The second kappa shape index (κ2) is 7.24. The number of hydrogen-bond donors (Lipinski definition) is 1. The number of nitrogens with one attached hydrogen (secondary N) is 1. The van der Waals surface area contributed by atoms with Gasteiger partial charge in [-0.25, -0.2) is 0 Å². The molecule has 100 valence electrons. The summed E-state index contributed by atoms with van der Waals surface area (Å²) >= 11 is 3.46. The Hall–Kier alpha value is -0.420. The SMILES string of the molecule is CN(CCc1ccc(Br)cc1)CC1CNCCO1. The fraction of sp³-hybridized carbons (Fsp3) is 0.571. The summed E-state index contributed by atoms with van der Waals surface area (Å²) in [6.07, 6.45) is 1.43. The quantitative estimate of drug-likeness (QED) is 0.899. The van der Waals surface area contributed by atoms with Crippen LogP contribution in [0.25, 0.3) is 0 Å². The van der Waals surface area contributed by atoms with Gasteiger partial charge in [-0.05, 0) is 31.2 Å². The predicted octanol–water partition coefficient (Wildman–Crippen LogP) is 1.91. The fourth-order valence-electron chi connectivity index (χ4n) is 2.15. The highest BCUT2D eigenvalue weighted by molar-refractivity contribution is 9.10. The summed E-state index contributed by atoms with van der Waals surface area (Å²) in [4.78, 5) is 2.35. The van der Waals surface area contributed by atoms with Gasteiger partial charge in [-0.1, -0.05) is 28.1 Å². The van der Waals surface area contributed by atoms with E-state index in [1.807, 2.05) is 0 Å². The molecule has 0 aliphatic carbocycles. The highest BCUT2D eigenvalue weighted by Crippen LogP contribution is 2.11. The van der Waals surface area contributed by atoms with Crippen molar-refractivity contribution in [2.24, 2.45) is 0 Å². The first-order valence-electron chi connectivity index (χ1n) is 6.49. The molecular weight excluding hydrogens is 292 g/mol. The van der Waals surface area contributed by atoms with Crippen LogP contribution in [-0.4, -0.2) is 50.8 Å². The van der Waals surface area contributed by atoms with Crippen molar-refractivity contribution in [3.8, 4) is 0 Å². The molecule has 0 saturated carbocycles. The molecule has 1 unspecified atom stereocenters. The van der Waals surface area contributed by atoms with Gasteiger partial charge in [0.15, 0.2) is 0 Å². The Labute approximate surface area is 118 Å². The first-order valence-corrected chi connectivity index (χ1v) is 7.28. The lowest BCUT2D eigenvalue weighted by atomic mass is 10.1. The van der Waals surface area contributed by atoms with Gasteiger partial charge in [0.25, 0.3) is 0 Å². The van der Waals surface area contributed by atoms with Crippen molar-refractivity contribution in [3.05, 3.63) is 34.3 Å². The zero-order valence-electron chi connectivity index (χ0n) is 10.9. The molecule has 1 aromatic rings. The number of rotatable bonds is 5. The van der Waals surface area contributed by atoms with Crippen molar-refractivity contribution < 1.29 is 4.74 Å². The van der Waals surface area contributed by atoms with Crippen LogP contribution in [0.5, 0.6) is 0 Å². The zero-order chi connectivity index (χ0) is 12.8. The Balaban J connectivity index is 1.70. The number of morpholine rings is 1. The maximum absolute atomic E-state index is 5.71. The molecule has 1 aromatic carbocycles. The van der Waals surface area contributed by atoms with E-state index in [0.29, 0.717) is 6.10 Å². The second-order valence-corrected chi connectivity index (χ2v) is 5.75. The number of likely N-dealkylation sites (N-methyl/N-ethyl adjacent to an activating group) is 1. The first kappa shape index (κ1) is 14.0. The molecule has 1 heterocycles. The Morgan fingerprint density at radius 2 is 2.17 bits per heavy atom. The summed E-state index contributed by atoms with van der Waals surface area (Å²) in [6.45, 7) is 4.87. The van der Waals surface area contributed by atoms with Crippen LogP contribution in [0, 0.1) is 0 Å². The summed E-state index contributed by atoms with van der Waals surface area (Å²) in [6, 6.07) is 8.56. The van der Waals surface area contributed by atoms with Gasteiger partial charge in [0.2, 0.25) is 0 Å². The second-order valence-electron chi connectivity index (χ2n) is 4.84. The van der Waals surface area contributed by atoms with E-state index in [-0.39, 0.29) is 0 Å². The third-order valence-corrected chi connectivity index (χ3v) is 3.74. The van der Waals surface area contributed by atoms with Gasteiger partial charge in [-0.3, -0.25) is 0 Å². The molecule has 0 spiro atoms. The summed E-state index contributed by atoms with van der Waals surface area (Å²) in [5.41, 5.74) is 1.38. The summed E-state index contributed by atoms with van der Waals surface area (Å²) in [5, 5.41) is 3.36. The monoisotopic (exact) mass is 312 g/mol. The maximum atomic E-state index is 5.71. The van der Waals surface area contributed by atoms with Gasteiger partial charge >= 0.3 is 0 Å². The van der Waals surface area contributed by atoms with E-state index in [9.17, 15) is 0 Å². The van der Waals surface area contributed by atoms with E-state index in [2.05, 4.69) is 57.5 Å². The molecule has 1 atom stereocenters. The van der Waals surface area contributed by atoms with E-state index in [0.717, 1.165) is 43.7 Å². The van der Waals surface area contributed by atoms with E-state index in [1.165, 1.54) is 5.56 Å². The van der Waals surface area contributed by atoms with E-state index >= 15 is 0 Å². The van der Waals surface area contributed by atoms with Gasteiger partial charge in [0, 0.05) is 30.7 Å². The van der Waals surface area contributed by atoms with Crippen LogP contribution in [0.15, 0.2) is 28.7 Å². The summed E-state index contributed by atoms with van der Waals surface area (Å²) in [7, 11) is 2.16. The van der Waals surface area contributed by atoms with Crippen molar-refractivity contribution in [3.63, 3.8) is 0 Å². The molecule has 0 radical (unpaired) electrons. The molecule has 1 saturated heterocycles. The van der Waals surface area contributed by atoms with Gasteiger partial charge in [-0.15, -0.1) is 0 Å². The summed E-state index contributed by atoms with van der Waals surface area (Å²) in [5.74, 6) is 0. The van der Waals surface area contributed by atoms with Crippen LogP contribution in [0.4, 0.5) is 0 Å². The van der Waals surface area contributed by atoms with Crippen molar-refractivity contribution in [2.75, 3.05) is 39.8 Å². The largest absolute Gasteiger partial charge is 0.374 e. The van der Waals surface area contributed by atoms with Crippen molar-refractivity contribution in [1.29, 1.82) is 0 Å². The standard InChI is InChI=1S/C14H21BrN2O/c1-17(11-14-10-16-7-9-18-14)8-6-12-2-4-13(15)5-3-12/h2-5,14,16H,6-11H2,1H3. The Morgan fingerprint density at radius 3 is 2.83 bits per heavy atom. The third-order valence-electron chi connectivity index (χ3n) is 3.22. The first-order chi connectivity index (χ1) is 8.74. The molecule has 0 bridgehead atoms. The minimum Gasteiger partial charge on any atom is -0.374 e. The van der Waals surface area contributed by atoms with Crippen LogP contribution in [0.3, 0.4) is 0 Å². The molecule has 2 rings (SSSR count). The van der Waals surface area contributed by atoms with Crippen molar-refractivity contribution >= 4 is 15.9 Å². The number of nitrogens with zero attached hydrogens (tertiary/aromatic N) is 1. The minimum atomic E-state index is 0.341. The Morgan fingerprint density at radius 1 is 1.39 bits per heavy atom. The number of benzene rings is 1. The normalized spacial score (nSPS) is 20.3. The summed E-state index contributed by atoms with van der Waals surface area (Å²) < 4.78 is 6.85. The van der Waals surface area contributed by atoms with Crippen LogP contribution in [-0.2, 0) is 11.2 Å². The lowest BCUT2D eigenvalue weighted by molar-refractivity contribution is 0.0103. The van der Waals surface area contributed by atoms with Gasteiger partial charge < -0.3 is 15.0 Å². The van der Waals surface area contributed by atoms with Crippen LogP contribution < -0.4 is 5.32 Å². The molecule has 1 fully saturated rings. The van der Waals surface area contributed by atoms with Crippen molar-refractivity contribution in [1.82, 2.24) is 10.2 Å². The average Bonchev–Trinajstić information content (AvgIpc) is 2.39. The number of halogens is 1. The maximum Gasteiger partial charge on any atom is 0.0826 e. The van der Waals surface area contributed by atoms with Gasteiger partial charge in [-0.2, -0.15) is 0 Å². The van der Waals surface area contributed by atoms with Crippen LogP contribution >= 0.6 is 15.9 Å². The van der Waals surface area contributed by atoms with Crippen LogP contribution in [0.2, 0.25) is 0 Å². The van der Waals surface area contributed by atoms with E-state index in [4.69, 9.17) is 4.74 Å². The van der Waals surface area contributed by atoms with E-state index < -0.39 is 0 Å². The highest BCUT2D eigenvalue weighted by Gasteiger charge is 2.15.